The van der Waals surface area contributed by atoms with Gasteiger partial charge in [-0.15, -0.1) is 0 Å². The number of carbonyl (C=O) groups excluding carboxylic acids is 2. The summed E-state index contributed by atoms with van der Waals surface area (Å²) in [6.45, 7) is 4.20. The molecule has 3 rings (SSSR count). The molecule has 1 unspecified atom stereocenters. The number of carbonyl (C=O) groups is 2. The van der Waals surface area contributed by atoms with Crippen molar-refractivity contribution in [2.24, 2.45) is 0 Å². The Hall–Kier alpha value is -3.80. The minimum absolute atomic E-state index is 0.104. The second-order valence-electron chi connectivity index (χ2n) is 7.44. The molecule has 0 fully saturated rings. The fraction of sp³-hybridized carbons (Fsp3) is 0.231. The number of hydrogen-bond acceptors (Lipinski definition) is 4. The lowest BCUT2D eigenvalue weighted by atomic mass is 10.1. The summed E-state index contributed by atoms with van der Waals surface area (Å²) < 4.78 is 11.3. The minimum Gasteiger partial charge on any atom is -0.484 e. The summed E-state index contributed by atoms with van der Waals surface area (Å²) in [6, 6.07) is 23.9. The number of para-hydroxylation sites is 1. The van der Waals surface area contributed by atoms with Gasteiger partial charge in [0.2, 0.25) is 0 Å². The molecule has 32 heavy (non-hydrogen) atoms. The van der Waals surface area contributed by atoms with Crippen molar-refractivity contribution in [3.8, 4) is 17.2 Å². The molecule has 0 spiro atoms. The van der Waals surface area contributed by atoms with E-state index in [1.807, 2.05) is 56.3 Å². The van der Waals surface area contributed by atoms with E-state index < -0.39 is 0 Å². The zero-order valence-corrected chi connectivity index (χ0v) is 18.3. The first-order chi connectivity index (χ1) is 15.5. The van der Waals surface area contributed by atoms with E-state index >= 15 is 0 Å². The molecule has 3 aromatic carbocycles. The maximum atomic E-state index is 12.3. The fourth-order valence-corrected chi connectivity index (χ4v) is 2.86. The molecule has 166 valence electrons. The Morgan fingerprint density at radius 2 is 1.56 bits per heavy atom. The van der Waals surface area contributed by atoms with Crippen molar-refractivity contribution >= 4 is 11.8 Å². The van der Waals surface area contributed by atoms with Crippen molar-refractivity contribution in [2.45, 2.75) is 32.9 Å². The molecule has 0 saturated carbocycles. The van der Waals surface area contributed by atoms with Crippen LogP contribution in [0.1, 0.15) is 36.2 Å². The van der Waals surface area contributed by atoms with Crippen molar-refractivity contribution in [1.29, 1.82) is 0 Å². The van der Waals surface area contributed by atoms with Gasteiger partial charge >= 0.3 is 0 Å². The Kier molecular flexibility index (Phi) is 8.26. The Bertz CT molecular complexity index is 1020. The maximum Gasteiger partial charge on any atom is 0.258 e. The van der Waals surface area contributed by atoms with Crippen LogP contribution in [0.2, 0.25) is 0 Å². The normalized spacial score (nSPS) is 11.3. The molecular formula is C26H28N2O4. The summed E-state index contributed by atoms with van der Waals surface area (Å²) in [7, 11) is 0. The number of benzene rings is 3. The highest BCUT2D eigenvalue weighted by Gasteiger charge is 2.10. The predicted octanol–water partition coefficient (Wildman–Crippen LogP) is 4.70. The number of nitrogens with one attached hydrogen (secondary N) is 2. The van der Waals surface area contributed by atoms with Crippen LogP contribution in [0.15, 0.2) is 78.9 Å². The highest BCUT2D eigenvalue weighted by molar-refractivity contribution is 5.94. The van der Waals surface area contributed by atoms with Gasteiger partial charge < -0.3 is 20.1 Å². The van der Waals surface area contributed by atoms with E-state index in [-0.39, 0.29) is 24.5 Å². The van der Waals surface area contributed by atoms with Crippen LogP contribution in [0.4, 0.5) is 0 Å². The van der Waals surface area contributed by atoms with Crippen LogP contribution in [-0.4, -0.2) is 24.5 Å². The lowest BCUT2D eigenvalue weighted by molar-refractivity contribution is -0.123. The van der Waals surface area contributed by atoms with Crippen LogP contribution in [0.25, 0.3) is 0 Å². The topological polar surface area (TPSA) is 76.7 Å². The zero-order chi connectivity index (χ0) is 22.8. The van der Waals surface area contributed by atoms with Gasteiger partial charge in [-0.3, -0.25) is 9.59 Å². The summed E-state index contributed by atoms with van der Waals surface area (Å²) in [4.78, 5) is 24.4. The van der Waals surface area contributed by atoms with Gasteiger partial charge in [-0.05, 0) is 67.4 Å². The highest BCUT2D eigenvalue weighted by Crippen LogP contribution is 2.23. The molecule has 1 atom stereocenters. The minimum atomic E-state index is -0.246. The number of hydrogen-bond donors (Lipinski definition) is 2. The Morgan fingerprint density at radius 3 is 2.28 bits per heavy atom. The van der Waals surface area contributed by atoms with Crippen molar-refractivity contribution in [3.05, 3.63) is 90.0 Å². The molecule has 0 bridgehead atoms. The summed E-state index contributed by atoms with van der Waals surface area (Å²) in [6.07, 6.45) is 0.865. The molecule has 0 aliphatic heterocycles. The standard InChI is InChI=1S/C26H28N2O4/c1-3-19(2)28-26(30)21-9-7-8-20(16-21)17-27-25(29)18-31-22-12-14-24(15-13-22)32-23-10-5-4-6-11-23/h4-16,19H,3,17-18H2,1-2H3,(H,27,29)(H,28,30). The summed E-state index contributed by atoms with van der Waals surface area (Å²) in [5.41, 5.74) is 1.42. The number of ether oxygens (including phenoxy) is 2. The van der Waals surface area contributed by atoms with Gasteiger partial charge in [0.15, 0.2) is 6.61 Å². The van der Waals surface area contributed by atoms with Gasteiger partial charge in [0.1, 0.15) is 17.2 Å². The van der Waals surface area contributed by atoms with Crippen molar-refractivity contribution in [2.75, 3.05) is 6.61 Å². The van der Waals surface area contributed by atoms with E-state index in [2.05, 4.69) is 10.6 Å². The molecule has 6 heteroatoms. The monoisotopic (exact) mass is 432 g/mol. The first-order valence-corrected chi connectivity index (χ1v) is 10.7. The molecule has 3 aromatic rings. The van der Waals surface area contributed by atoms with Gasteiger partial charge in [0.05, 0.1) is 0 Å². The van der Waals surface area contributed by atoms with Gasteiger partial charge in [-0.25, -0.2) is 0 Å². The highest BCUT2D eigenvalue weighted by atomic mass is 16.5. The second-order valence-corrected chi connectivity index (χ2v) is 7.44. The lowest BCUT2D eigenvalue weighted by Gasteiger charge is -2.12. The van der Waals surface area contributed by atoms with Gasteiger partial charge in [0.25, 0.3) is 11.8 Å². The molecule has 2 amide bonds. The van der Waals surface area contributed by atoms with Crippen LogP contribution < -0.4 is 20.1 Å². The number of rotatable bonds is 10. The fourth-order valence-electron chi connectivity index (χ4n) is 2.86. The van der Waals surface area contributed by atoms with Crippen LogP contribution >= 0.6 is 0 Å². The molecule has 6 nitrogen and oxygen atoms in total. The van der Waals surface area contributed by atoms with Crippen molar-refractivity contribution in [1.82, 2.24) is 10.6 Å². The van der Waals surface area contributed by atoms with E-state index in [4.69, 9.17) is 9.47 Å². The van der Waals surface area contributed by atoms with Gasteiger partial charge in [0, 0.05) is 18.2 Å². The van der Waals surface area contributed by atoms with E-state index in [1.54, 1.807) is 36.4 Å². The van der Waals surface area contributed by atoms with Crippen LogP contribution in [-0.2, 0) is 11.3 Å². The largest absolute Gasteiger partial charge is 0.484 e. The van der Waals surface area contributed by atoms with E-state index in [1.165, 1.54) is 0 Å². The molecule has 0 radical (unpaired) electrons. The molecule has 0 aliphatic carbocycles. The Morgan fingerprint density at radius 1 is 0.875 bits per heavy atom. The average molecular weight is 433 g/mol. The quantitative estimate of drug-likeness (QED) is 0.487. The van der Waals surface area contributed by atoms with E-state index in [0.717, 1.165) is 17.7 Å². The molecule has 0 aliphatic rings. The predicted molar refractivity (Wildman–Crippen MR) is 124 cm³/mol. The first kappa shape index (κ1) is 22.9. The molecule has 0 aromatic heterocycles. The molecule has 2 N–H and O–H groups in total. The summed E-state index contributed by atoms with van der Waals surface area (Å²) in [5.74, 6) is 1.65. The average Bonchev–Trinajstić information content (AvgIpc) is 2.83. The summed E-state index contributed by atoms with van der Waals surface area (Å²) >= 11 is 0. The Labute approximate surface area is 188 Å². The van der Waals surface area contributed by atoms with Crippen molar-refractivity contribution in [3.63, 3.8) is 0 Å². The number of amides is 2. The van der Waals surface area contributed by atoms with E-state index in [9.17, 15) is 9.59 Å². The first-order valence-electron chi connectivity index (χ1n) is 10.7. The zero-order valence-electron chi connectivity index (χ0n) is 18.3. The smallest absolute Gasteiger partial charge is 0.258 e. The molecular weight excluding hydrogens is 404 g/mol. The second kappa shape index (κ2) is 11.6. The van der Waals surface area contributed by atoms with E-state index in [0.29, 0.717) is 23.6 Å². The third-order valence-corrected chi connectivity index (χ3v) is 4.84. The SMILES string of the molecule is CCC(C)NC(=O)c1cccc(CNC(=O)COc2ccc(Oc3ccccc3)cc2)c1. The van der Waals surface area contributed by atoms with Crippen molar-refractivity contribution < 1.29 is 19.1 Å². The Balaban J connectivity index is 1.44. The maximum absolute atomic E-state index is 12.3. The van der Waals surface area contributed by atoms with Gasteiger partial charge in [-0.2, -0.15) is 0 Å². The summed E-state index contributed by atoms with van der Waals surface area (Å²) in [5, 5.41) is 5.75. The molecule has 0 heterocycles. The van der Waals surface area contributed by atoms with Gasteiger partial charge in [-0.1, -0.05) is 37.3 Å². The van der Waals surface area contributed by atoms with Crippen LogP contribution in [0, 0.1) is 0 Å². The van der Waals surface area contributed by atoms with Crippen LogP contribution in [0.3, 0.4) is 0 Å². The molecule has 0 saturated heterocycles. The third kappa shape index (κ3) is 7.16. The van der Waals surface area contributed by atoms with Crippen LogP contribution in [0.5, 0.6) is 17.2 Å². The lowest BCUT2D eigenvalue weighted by Crippen LogP contribution is -2.32. The third-order valence-electron chi connectivity index (χ3n) is 4.84.